The lowest BCUT2D eigenvalue weighted by molar-refractivity contribution is 0.590. The van der Waals surface area contributed by atoms with Crippen LogP contribution >= 0.6 is 22.9 Å². The second kappa shape index (κ2) is 8.69. The Balaban J connectivity index is 1.76. The summed E-state index contributed by atoms with van der Waals surface area (Å²) in [5.41, 5.74) is 6.08. The predicted octanol–water partition coefficient (Wildman–Crippen LogP) is 10.8. The third-order valence-corrected chi connectivity index (χ3v) is 8.18. The average Bonchev–Trinajstić information content (AvgIpc) is 3.19. The molecule has 3 heteroatoms. The van der Waals surface area contributed by atoms with Gasteiger partial charge < -0.3 is 4.90 Å². The van der Waals surface area contributed by atoms with E-state index in [1.807, 2.05) is 17.4 Å². The smallest absolute Gasteiger partial charge is 0.0827 e. The zero-order chi connectivity index (χ0) is 25.0. The van der Waals surface area contributed by atoms with E-state index in [9.17, 15) is 0 Å². The van der Waals surface area contributed by atoms with Crippen LogP contribution in [0.25, 0.3) is 20.2 Å². The van der Waals surface area contributed by atoms with Gasteiger partial charge in [0.05, 0.1) is 15.4 Å². The van der Waals surface area contributed by atoms with Crippen LogP contribution in [0.2, 0.25) is 5.02 Å². The van der Waals surface area contributed by atoms with Crippen LogP contribution in [-0.2, 0) is 10.8 Å². The fourth-order valence-electron chi connectivity index (χ4n) is 4.59. The van der Waals surface area contributed by atoms with E-state index >= 15 is 0 Å². The molecule has 5 aromatic rings. The first-order valence-electron chi connectivity index (χ1n) is 12.1. The quantitative estimate of drug-likeness (QED) is 0.239. The van der Waals surface area contributed by atoms with Crippen molar-refractivity contribution in [2.75, 3.05) is 4.90 Å². The lowest BCUT2D eigenvalue weighted by Gasteiger charge is -2.29. The largest absolute Gasteiger partial charge is 0.308 e. The maximum atomic E-state index is 7.00. The third kappa shape index (κ3) is 4.46. The third-order valence-electron chi connectivity index (χ3n) is 6.68. The molecule has 0 saturated heterocycles. The summed E-state index contributed by atoms with van der Waals surface area (Å²) < 4.78 is 2.48. The molecule has 0 N–H and O–H groups in total. The van der Waals surface area contributed by atoms with Gasteiger partial charge in [-0.15, -0.1) is 11.3 Å². The van der Waals surface area contributed by atoms with Crippen LogP contribution < -0.4 is 4.90 Å². The van der Waals surface area contributed by atoms with E-state index < -0.39 is 0 Å². The minimum absolute atomic E-state index is 0.0981. The van der Waals surface area contributed by atoms with Crippen molar-refractivity contribution in [2.45, 2.75) is 52.4 Å². The molecular formula is C32H32ClNS. The fraction of sp³-hybridized carbons (Fsp3) is 0.250. The Kier molecular flexibility index (Phi) is 5.94. The van der Waals surface area contributed by atoms with Crippen molar-refractivity contribution in [2.24, 2.45) is 0 Å². The number of anilines is 3. The molecule has 0 spiro atoms. The Morgan fingerprint density at radius 2 is 1.11 bits per heavy atom. The first-order valence-corrected chi connectivity index (χ1v) is 13.3. The number of halogens is 1. The minimum Gasteiger partial charge on any atom is -0.308 e. The molecule has 0 amide bonds. The molecule has 0 saturated carbocycles. The van der Waals surface area contributed by atoms with Crippen LogP contribution in [0.5, 0.6) is 0 Å². The molecule has 5 rings (SSSR count). The summed E-state index contributed by atoms with van der Waals surface area (Å²) in [5, 5.41) is 3.27. The number of benzene rings is 4. The van der Waals surface area contributed by atoms with Crippen molar-refractivity contribution in [1.82, 2.24) is 0 Å². The number of fused-ring (bicyclic) bond motifs is 3. The van der Waals surface area contributed by atoms with Crippen LogP contribution in [0.4, 0.5) is 17.1 Å². The molecule has 4 aromatic carbocycles. The Morgan fingerprint density at radius 3 is 1.63 bits per heavy atom. The highest BCUT2D eigenvalue weighted by Gasteiger charge is 2.23. The first-order chi connectivity index (χ1) is 16.5. The number of rotatable bonds is 3. The van der Waals surface area contributed by atoms with Crippen molar-refractivity contribution >= 4 is 60.2 Å². The monoisotopic (exact) mass is 497 g/mol. The molecule has 0 bridgehead atoms. The van der Waals surface area contributed by atoms with Gasteiger partial charge in [-0.05, 0) is 58.4 Å². The van der Waals surface area contributed by atoms with Gasteiger partial charge in [0.15, 0.2) is 0 Å². The topological polar surface area (TPSA) is 3.24 Å². The van der Waals surface area contributed by atoms with Crippen LogP contribution in [0.3, 0.4) is 0 Å². The molecule has 35 heavy (non-hydrogen) atoms. The number of nitrogens with zero attached hydrogens (tertiary/aromatic N) is 1. The van der Waals surface area contributed by atoms with Crippen molar-refractivity contribution in [3.63, 3.8) is 0 Å². The highest BCUT2D eigenvalue weighted by Crippen LogP contribution is 2.48. The molecule has 0 fully saturated rings. The van der Waals surface area contributed by atoms with Gasteiger partial charge in [0, 0.05) is 26.8 Å². The van der Waals surface area contributed by atoms with E-state index in [2.05, 4.69) is 125 Å². The molecule has 1 aromatic heterocycles. The average molecular weight is 498 g/mol. The Morgan fingerprint density at radius 1 is 0.600 bits per heavy atom. The molecule has 0 aliphatic rings. The van der Waals surface area contributed by atoms with Gasteiger partial charge in [0.1, 0.15) is 0 Å². The molecule has 0 unspecified atom stereocenters. The van der Waals surface area contributed by atoms with Crippen molar-refractivity contribution in [1.29, 1.82) is 0 Å². The van der Waals surface area contributed by atoms with Crippen molar-refractivity contribution in [3.05, 3.63) is 101 Å². The van der Waals surface area contributed by atoms with Gasteiger partial charge in [-0.3, -0.25) is 0 Å². The number of thiophene rings is 1. The van der Waals surface area contributed by atoms with Crippen LogP contribution in [0.15, 0.2) is 84.9 Å². The Hall–Kier alpha value is -2.81. The van der Waals surface area contributed by atoms with Crippen molar-refractivity contribution in [3.8, 4) is 0 Å². The minimum atomic E-state index is 0.0981. The molecule has 0 aliphatic heterocycles. The SMILES string of the molecule is CC(C)(C)c1ccc(N(c2ccc(C(C)(C)C)cc2)c2c(Cl)ccc3c2sc2ccccc23)cc1. The van der Waals surface area contributed by atoms with E-state index in [4.69, 9.17) is 11.6 Å². The Labute approximate surface area is 218 Å². The van der Waals surface area contributed by atoms with Gasteiger partial charge in [0.25, 0.3) is 0 Å². The van der Waals surface area contributed by atoms with Crippen LogP contribution in [0.1, 0.15) is 52.7 Å². The van der Waals surface area contributed by atoms with Gasteiger partial charge >= 0.3 is 0 Å². The second-order valence-electron chi connectivity index (χ2n) is 11.3. The Bertz CT molecular complexity index is 1440. The highest BCUT2D eigenvalue weighted by atomic mass is 35.5. The predicted molar refractivity (Wildman–Crippen MR) is 156 cm³/mol. The maximum Gasteiger partial charge on any atom is 0.0827 e. The maximum absolute atomic E-state index is 7.00. The summed E-state index contributed by atoms with van der Waals surface area (Å²) in [6.07, 6.45) is 0. The van der Waals surface area contributed by atoms with E-state index in [1.54, 1.807) is 0 Å². The lowest BCUT2D eigenvalue weighted by Crippen LogP contribution is -2.14. The van der Waals surface area contributed by atoms with Crippen LogP contribution in [-0.4, -0.2) is 0 Å². The summed E-state index contributed by atoms with van der Waals surface area (Å²) in [4.78, 5) is 2.32. The molecule has 1 nitrogen and oxygen atoms in total. The first kappa shape index (κ1) is 23.9. The van der Waals surface area contributed by atoms with Gasteiger partial charge in [-0.2, -0.15) is 0 Å². The molecule has 0 radical (unpaired) electrons. The summed E-state index contributed by atoms with van der Waals surface area (Å²) >= 11 is 8.81. The summed E-state index contributed by atoms with van der Waals surface area (Å²) in [6.45, 7) is 13.5. The molecule has 0 atom stereocenters. The van der Waals surface area contributed by atoms with E-state index in [1.165, 1.54) is 31.3 Å². The standard InChI is InChI=1S/C32H32ClNS/c1-31(2,3)21-11-15-23(16-12-21)34(24-17-13-22(14-18-24)32(4,5)6)29-27(33)20-19-26-25-9-7-8-10-28(25)35-30(26)29/h7-20H,1-6H3. The zero-order valence-electron chi connectivity index (χ0n) is 21.3. The molecule has 1 heterocycles. The highest BCUT2D eigenvalue weighted by molar-refractivity contribution is 7.26. The molecule has 0 aliphatic carbocycles. The molecular weight excluding hydrogens is 466 g/mol. The van der Waals surface area contributed by atoms with E-state index in [0.717, 1.165) is 22.1 Å². The van der Waals surface area contributed by atoms with Gasteiger partial charge in [0.2, 0.25) is 0 Å². The fourth-order valence-corrected chi connectivity index (χ4v) is 6.13. The van der Waals surface area contributed by atoms with E-state index in [0.29, 0.717) is 0 Å². The zero-order valence-corrected chi connectivity index (χ0v) is 22.9. The second-order valence-corrected chi connectivity index (χ2v) is 12.8. The lowest BCUT2D eigenvalue weighted by atomic mass is 9.86. The van der Waals surface area contributed by atoms with E-state index in [-0.39, 0.29) is 10.8 Å². The summed E-state index contributed by atoms with van der Waals surface area (Å²) in [6, 6.07) is 30.7. The van der Waals surface area contributed by atoms with Crippen molar-refractivity contribution < 1.29 is 0 Å². The van der Waals surface area contributed by atoms with Gasteiger partial charge in [-0.25, -0.2) is 0 Å². The molecule has 178 valence electrons. The van der Waals surface area contributed by atoms with Crippen LogP contribution in [0, 0.1) is 0 Å². The number of hydrogen-bond donors (Lipinski definition) is 0. The normalized spacial score (nSPS) is 12.4. The van der Waals surface area contributed by atoms with Gasteiger partial charge in [-0.1, -0.05) is 102 Å². The summed E-state index contributed by atoms with van der Waals surface area (Å²) in [7, 11) is 0. The summed E-state index contributed by atoms with van der Waals surface area (Å²) in [5.74, 6) is 0. The number of hydrogen-bond acceptors (Lipinski definition) is 2.